The van der Waals surface area contributed by atoms with Crippen LogP contribution in [0, 0.1) is 5.41 Å². The van der Waals surface area contributed by atoms with Gasteiger partial charge in [-0.3, -0.25) is 0 Å². The van der Waals surface area contributed by atoms with Gasteiger partial charge in [0, 0.05) is 5.41 Å². The fraction of sp³-hybridized carbons (Fsp3) is 0.647. The zero-order valence-electron chi connectivity index (χ0n) is 11.6. The smallest absolute Gasteiger partial charge is 0.0591 e. The molecule has 2 heteroatoms. The molecule has 2 nitrogen and oxygen atoms in total. The molecule has 4 rings (SSSR count). The Hall–Kier alpha value is -0.860. The summed E-state index contributed by atoms with van der Waals surface area (Å²) in [5.74, 6) is 0. The predicted octanol–water partition coefficient (Wildman–Crippen LogP) is 2.57. The van der Waals surface area contributed by atoms with Crippen molar-refractivity contribution in [2.75, 3.05) is 19.8 Å². The molecule has 1 saturated heterocycles. The third-order valence-electron chi connectivity index (χ3n) is 6.06. The Kier molecular flexibility index (Phi) is 2.55. The molecule has 0 spiro atoms. The van der Waals surface area contributed by atoms with E-state index in [9.17, 15) is 0 Å². The lowest BCUT2D eigenvalue weighted by Crippen LogP contribution is -2.64. The predicted molar refractivity (Wildman–Crippen MR) is 76.3 cm³/mol. The summed E-state index contributed by atoms with van der Waals surface area (Å²) >= 11 is 0. The Balaban J connectivity index is 1.76. The Bertz CT molecular complexity index is 494. The number of hydrogen-bond donors (Lipinski definition) is 1. The molecule has 0 atom stereocenters. The third kappa shape index (κ3) is 1.45. The van der Waals surface area contributed by atoms with Crippen LogP contribution in [0.15, 0.2) is 18.2 Å². The highest BCUT2D eigenvalue weighted by molar-refractivity contribution is 5.41. The van der Waals surface area contributed by atoms with E-state index < -0.39 is 0 Å². The van der Waals surface area contributed by atoms with E-state index in [1.807, 2.05) is 0 Å². The van der Waals surface area contributed by atoms with Crippen molar-refractivity contribution in [2.24, 2.45) is 11.1 Å². The summed E-state index contributed by atoms with van der Waals surface area (Å²) < 4.78 is 5.64. The first-order chi connectivity index (χ1) is 9.30. The number of benzene rings is 1. The number of nitrogens with two attached hydrogens (primary N) is 1. The summed E-state index contributed by atoms with van der Waals surface area (Å²) in [7, 11) is 0. The Labute approximate surface area is 115 Å². The van der Waals surface area contributed by atoms with Crippen LogP contribution in [0.25, 0.3) is 0 Å². The molecule has 0 aromatic heterocycles. The van der Waals surface area contributed by atoms with Crippen LogP contribution in [0.1, 0.15) is 42.4 Å². The van der Waals surface area contributed by atoms with Gasteiger partial charge in [0.25, 0.3) is 0 Å². The van der Waals surface area contributed by atoms with Crippen molar-refractivity contribution in [3.8, 4) is 0 Å². The summed E-state index contributed by atoms with van der Waals surface area (Å²) in [6, 6.07) is 7.20. The van der Waals surface area contributed by atoms with Crippen LogP contribution < -0.4 is 5.73 Å². The normalized spacial score (nSPS) is 26.4. The highest BCUT2D eigenvalue weighted by Gasteiger charge is 2.58. The average Bonchev–Trinajstić information content (AvgIpc) is 2.78. The van der Waals surface area contributed by atoms with Gasteiger partial charge in [0.05, 0.1) is 13.2 Å². The number of rotatable bonds is 3. The highest BCUT2D eigenvalue weighted by atomic mass is 16.5. The SMILES string of the molecule is NCC1(C2(c3ccc4c(c3)CCC4)COC2)CCC1. The van der Waals surface area contributed by atoms with Crippen molar-refractivity contribution >= 4 is 0 Å². The topological polar surface area (TPSA) is 35.2 Å². The van der Waals surface area contributed by atoms with E-state index in [4.69, 9.17) is 10.5 Å². The second-order valence-electron chi connectivity index (χ2n) is 6.75. The maximum atomic E-state index is 6.16. The standard InChI is InChI=1S/C17H23NO/c18-10-16(7-2-8-16)17(11-19-12-17)15-6-5-13-3-1-4-14(13)9-15/h5-6,9H,1-4,7-8,10-12,18H2. The molecule has 0 amide bonds. The van der Waals surface area contributed by atoms with Gasteiger partial charge in [-0.25, -0.2) is 0 Å². The van der Waals surface area contributed by atoms with Gasteiger partial charge in [0.15, 0.2) is 0 Å². The van der Waals surface area contributed by atoms with Gasteiger partial charge < -0.3 is 10.5 Å². The number of hydrogen-bond acceptors (Lipinski definition) is 2. The molecule has 1 aromatic rings. The zero-order chi connectivity index (χ0) is 12.9. The molecule has 0 unspecified atom stereocenters. The molecule has 3 aliphatic rings. The van der Waals surface area contributed by atoms with E-state index >= 15 is 0 Å². The van der Waals surface area contributed by atoms with Crippen molar-refractivity contribution in [2.45, 2.75) is 43.9 Å². The Morgan fingerprint density at radius 3 is 2.42 bits per heavy atom. The van der Waals surface area contributed by atoms with E-state index in [1.54, 1.807) is 11.1 Å². The van der Waals surface area contributed by atoms with Crippen LogP contribution >= 0.6 is 0 Å². The molecule has 2 aliphatic carbocycles. The fourth-order valence-electron chi connectivity index (χ4n) is 4.44. The van der Waals surface area contributed by atoms with E-state index in [2.05, 4.69) is 18.2 Å². The second kappa shape index (κ2) is 4.07. The van der Waals surface area contributed by atoms with Gasteiger partial charge in [-0.2, -0.15) is 0 Å². The van der Waals surface area contributed by atoms with Gasteiger partial charge in [0.1, 0.15) is 0 Å². The first-order valence-electron chi connectivity index (χ1n) is 7.70. The quantitative estimate of drug-likeness (QED) is 0.903. The third-order valence-corrected chi connectivity index (χ3v) is 6.06. The summed E-state index contributed by atoms with van der Waals surface area (Å²) in [6.07, 6.45) is 7.75. The van der Waals surface area contributed by atoms with Crippen LogP contribution in [0.4, 0.5) is 0 Å². The summed E-state index contributed by atoms with van der Waals surface area (Å²) in [5.41, 5.74) is 11.3. The maximum Gasteiger partial charge on any atom is 0.0591 e. The lowest BCUT2D eigenvalue weighted by atomic mass is 9.49. The molecule has 0 bridgehead atoms. The van der Waals surface area contributed by atoms with Crippen molar-refractivity contribution in [1.82, 2.24) is 0 Å². The molecule has 0 radical (unpaired) electrons. The molecule has 19 heavy (non-hydrogen) atoms. The minimum absolute atomic E-state index is 0.220. The lowest BCUT2D eigenvalue weighted by molar-refractivity contribution is -0.154. The van der Waals surface area contributed by atoms with Crippen LogP contribution in [0.2, 0.25) is 0 Å². The first-order valence-corrected chi connectivity index (χ1v) is 7.70. The molecule has 2 fully saturated rings. The largest absolute Gasteiger partial charge is 0.379 e. The summed E-state index contributed by atoms with van der Waals surface area (Å²) in [4.78, 5) is 0. The molecule has 102 valence electrons. The number of ether oxygens (including phenoxy) is 1. The number of fused-ring (bicyclic) bond motifs is 1. The monoisotopic (exact) mass is 257 g/mol. The fourth-order valence-corrected chi connectivity index (χ4v) is 4.44. The molecule has 1 aromatic carbocycles. The average molecular weight is 257 g/mol. The molecular formula is C17H23NO. The minimum atomic E-state index is 0.220. The molecule has 1 saturated carbocycles. The minimum Gasteiger partial charge on any atom is -0.379 e. The van der Waals surface area contributed by atoms with Gasteiger partial charge in [-0.1, -0.05) is 24.6 Å². The zero-order valence-corrected chi connectivity index (χ0v) is 11.6. The maximum absolute atomic E-state index is 6.16. The lowest BCUT2D eigenvalue weighted by Gasteiger charge is -2.60. The molecule has 1 aliphatic heterocycles. The van der Waals surface area contributed by atoms with E-state index in [0.29, 0.717) is 5.41 Å². The van der Waals surface area contributed by atoms with Gasteiger partial charge >= 0.3 is 0 Å². The van der Waals surface area contributed by atoms with E-state index in [0.717, 1.165) is 19.8 Å². The highest BCUT2D eigenvalue weighted by Crippen LogP contribution is 2.58. The van der Waals surface area contributed by atoms with Crippen molar-refractivity contribution < 1.29 is 4.74 Å². The van der Waals surface area contributed by atoms with E-state index in [1.165, 1.54) is 44.1 Å². The summed E-state index contributed by atoms with van der Waals surface area (Å²) in [5, 5.41) is 0. The Morgan fingerprint density at radius 1 is 1.05 bits per heavy atom. The van der Waals surface area contributed by atoms with Crippen LogP contribution in [0.3, 0.4) is 0 Å². The van der Waals surface area contributed by atoms with Crippen molar-refractivity contribution in [3.63, 3.8) is 0 Å². The number of aryl methyl sites for hydroxylation is 2. The van der Waals surface area contributed by atoms with Crippen molar-refractivity contribution in [3.05, 3.63) is 34.9 Å². The van der Waals surface area contributed by atoms with E-state index in [-0.39, 0.29) is 5.41 Å². The molecule has 1 heterocycles. The molecule has 2 N–H and O–H groups in total. The van der Waals surface area contributed by atoms with Gasteiger partial charge in [-0.15, -0.1) is 0 Å². The van der Waals surface area contributed by atoms with Gasteiger partial charge in [0.2, 0.25) is 0 Å². The second-order valence-corrected chi connectivity index (χ2v) is 6.75. The summed E-state index contributed by atoms with van der Waals surface area (Å²) in [6.45, 7) is 2.57. The van der Waals surface area contributed by atoms with Crippen LogP contribution in [-0.4, -0.2) is 19.8 Å². The van der Waals surface area contributed by atoms with Crippen LogP contribution in [-0.2, 0) is 23.0 Å². The van der Waals surface area contributed by atoms with Crippen LogP contribution in [0.5, 0.6) is 0 Å². The Morgan fingerprint density at radius 2 is 1.84 bits per heavy atom. The van der Waals surface area contributed by atoms with Crippen molar-refractivity contribution in [1.29, 1.82) is 0 Å². The van der Waals surface area contributed by atoms with Gasteiger partial charge in [-0.05, 0) is 60.8 Å². The molecular weight excluding hydrogens is 234 g/mol. The first kappa shape index (κ1) is 11.9.